The lowest BCUT2D eigenvalue weighted by molar-refractivity contribution is -0.144. The van der Waals surface area contributed by atoms with Crippen molar-refractivity contribution in [2.75, 3.05) is 19.4 Å². The minimum Gasteiger partial charge on any atom is -0.452 e. The standard InChI is InChI=1S/C19H23O5P/c1-3-22-25(21,23-4-2)15-18(20)24-19(16-11-7-5-8-12-16)17-13-9-6-10-14-17/h5-14,19H,3-4,15H2,1-2H3. The Morgan fingerprint density at radius 2 is 1.32 bits per heavy atom. The number of benzene rings is 2. The molecule has 2 aromatic rings. The Hall–Kier alpha value is -1.94. The van der Waals surface area contributed by atoms with Crippen LogP contribution in [0.3, 0.4) is 0 Å². The molecule has 25 heavy (non-hydrogen) atoms. The predicted octanol–water partition coefficient (Wildman–Crippen LogP) is 4.59. The Kier molecular flexibility index (Phi) is 7.38. The first-order chi connectivity index (χ1) is 12.1. The molecule has 0 atom stereocenters. The molecular formula is C19H23O5P. The summed E-state index contributed by atoms with van der Waals surface area (Å²) in [5, 5.41) is 0. The molecule has 0 spiro atoms. The molecule has 0 aromatic heterocycles. The number of hydrogen-bond acceptors (Lipinski definition) is 5. The van der Waals surface area contributed by atoms with Crippen LogP contribution in [0, 0.1) is 0 Å². The molecule has 0 unspecified atom stereocenters. The van der Waals surface area contributed by atoms with Crippen LogP contribution in [-0.4, -0.2) is 25.3 Å². The van der Waals surface area contributed by atoms with Crippen molar-refractivity contribution in [3.05, 3.63) is 71.8 Å². The summed E-state index contributed by atoms with van der Waals surface area (Å²) in [5.74, 6) is -0.622. The lowest BCUT2D eigenvalue weighted by Crippen LogP contribution is -2.17. The van der Waals surface area contributed by atoms with Crippen LogP contribution in [0.1, 0.15) is 31.1 Å². The van der Waals surface area contributed by atoms with Gasteiger partial charge < -0.3 is 13.8 Å². The SMILES string of the molecule is CCOP(=O)(CC(=O)OC(c1ccccc1)c1ccccc1)OCC. The molecule has 0 bridgehead atoms. The third kappa shape index (κ3) is 5.82. The summed E-state index contributed by atoms with van der Waals surface area (Å²) in [6.45, 7) is 3.80. The fourth-order valence-electron chi connectivity index (χ4n) is 2.43. The molecule has 0 fully saturated rings. The first-order valence-corrected chi connectivity index (χ1v) is 9.98. The Morgan fingerprint density at radius 3 is 1.72 bits per heavy atom. The van der Waals surface area contributed by atoms with Crippen molar-refractivity contribution in [1.82, 2.24) is 0 Å². The van der Waals surface area contributed by atoms with Gasteiger partial charge in [-0.25, -0.2) is 0 Å². The van der Waals surface area contributed by atoms with Crippen LogP contribution in [0.4, 0.5) is 0 Å². The van der Waals surface area contributed by atoms with Crippen LogP contribution < -0.4 is 0 Å². The number of hydrogen-bond donors (Lipinski definition) is 0. The van der Waals surface area contributed by atoms with Crippen LogP contribution in [0.5, 0.6) is 0 Å². The largest absolute Gasteiger partial charge is 0.452 e. The molecule has 0 saturated heterocycles. The van der Waals surface area contributed by atoms with Crippen LogP contribution in [0.25, 0.3) is 0 Å². The first kappa shape index (κ1) is 19.4. The second-order valence-corrected chi connectivity index (χ2v) is 7.35. The molecule has 0 N–H and O–H groups in total. The molecule has 2 aromatic carbocycles. The lowest BCUT2D eigenvalue weighted by Gasteiger charge is -2.21. The van der Waals surface area contributed by atoms with E-state index < -0.39 is 25.8 Å². The number of carbonyl (C=O) groups is 1. The van der Waals surface area contributed by atoms with Gasteiger partial charge in [-0.05, 0) is 25.0 Å². The molecule has 0 aliphatic heterocycles. The molecule has 0 radical (unpaired) electrons. The van der Waals surface area contributed by atoms with Gasteiger partial charge in [0, 0.05) is 0 Å². The normalized spacial score (nSPS) is 11.5. The van der Waals surface area contributed by atoms with E-state index in [0.29, 0.717) is 0 Å². The number of rotatable bonds is 9. The van der Waals surface area contributed by atoms with Gasteiger partial charge in [0.25, 0.3) is 0 Å². The van der Waals surface area contributed by atoms with Gasteiger partial charge in [0.2, 0.25) is 0 Å². The summed E-state index contributed by atoms with van der Waals surface area (Å²) in [6.07, 6.45) is -0.989. The summed E-state index contributed by atoms with van der Waals surface area (Å²) in [6, 6.07) is 18.8. The highest BCUT2D eigenvalue weighted by atomic mass is 31.2. The van der Waals surface area contributed by atoms with E-state index in [2.05, 4.69) is 0 Å². The maximum absolute atomic E-state index is 12.5. The van der Waals surface area contributed by atoms with E-state index in [1.165, 1.54) is 0 Å². The smallest absolute Gasteiger partial charge is 0.341 e. The van der Waals surface area contributed by atoms with Crippen molar-refractivity contribution in [3.8, 4) is 0 Å². The van der Waals surface area contributed by atoms with Gasteiger partial charge in [-0.15, -0.1) is 0 Å². The Bertz CT molecular complexity index is 653. The zero-order chi connectivity index (χ0) is 18.1. The molecule has 5 nitrogen and oxygen atoms in total. The summed E-state index contributed by atoms with van der Waals surface area (Å²) < 4.78 is 28.5. The highest BCUT2D eigenvalue weighted by molar-refractivity contribution is 7.54. The average Bonchev–Trinajstić information content (AvgIpc) is 2.61. The molecule has 2 rings (SSSR count). The zero-order valence-electron chi connectivity index (χ0n) is 14.5. The van der Waals surface area contributed by atoms with Gasteiger partial charge in [-0.3, -0.25) is 9.36 Å². The Balaban J connectivity index is 2.19. The number of ether oxygens (including phenoxy) is 1. The van der Waals surface area contributed by atoms with Crippen LogP contribution in [0.15, 0.2) is 60.7 Å². The highest BCUT2D eigenvalue weighted by Crippen LogP contribution is 2.48. The molecule has 0 heterocycles. The van der Waals surface area contributed by atoms with Crippen molar-refractivity contribution in [1.29, 1.82) is 0 Å². The van der Waals surface area contributed by atoms with Crippen LogP contribution >= 0.6 is 7.60 Å². The second-order valence-electron chi connectivity index (χ2n) is 5.30. The van der Waals surface area contributed by atoms with Crippen LogP contribution in [0.2, 0.25) is 0 Å². The third-order valence-corrected chi connectivity index (χ3v) is 5.38. The molecule has 0 saturated carbocycles. The van der Waals surface area contributed by atoms with E-state index in [1.807, 2.05) is 60.7 Å². The number of esters is 1. The van der Waals surface area contributed by atoms with E-state index >= 15 is 0 Å². The van der Waals surface area contributed by atoms with Gasteiger partial charge >= 0.3 is 13.6 Å². The molecule has 0 aliphatic carbocycles. The van der Waals surface area contributed by atoms with Crippen molar-refractivity contribution in [2.24, 2.45) is 0 Å². The predicted molar refractivity (Wildman–Crippen MR) is 96.5 cm³/mol. The topological polar surface area (TPSA) is 61.8 Å². The van der Waals surface area contributed by atoms with E-state index in [1.54, 1.807) is 13.8 Å². The van der Waals surface area contributed by atoms with E-state index in [0.717, 1.165) is 11.1 Å². The fraction of sp³-hybridized carbons (Fsp3) is 0.316. The van der Waals surface area contributed by atoms with Crippen molar-refractivity contribution < 1.29 is 23.1 Å². The Morgan fingerprint density at radius 1 is 0.880 bits per heavy atom. The summed E-state index contributed by atoms with van der Waals surface area (Å²) in [5.41, 5.74) is 1.68. The monoisotopic (exact) mass is 362 g/mol. The van der Waals surface area contributed by atoms with Gasteiger partial charge in [0.1, 0.15) is 6.16 Å². The minimum absolute atomic E-state index is 0.200. The lowest BCUT2D eigenvalue weighted by atomic mass is 10.0. The highest BCUT2D eigenvalue weighted by Gasteiger charge is 2.30. The minimum atomic E-state index is -3.49. The third-order valence-electron chi connectivity index (χ3n) is 3.43. The number of carbonyl (C=O) groups excluding carboxylic acids is 1. The van der Waals surface area contributed by atoms with Gasteiger partial charge in [0.15, 0.2) is 6.10 Å². The van der Waals surface area contributed by atoms with E-state index in [-0.39, 0.29) is 13.2 Å². The summed E-state index contributed by atoms with van der Waals surface area (Å²) in [4.78, 5) is 12.4. The first-order valence-electron chi connectivity index (χ1n) is 8.25. The van der Waals surface area contributed by atoms with Crippen molar-refractivity contribution >= 4 is 13.6 Å². The molecule has 0 aliphatic rings. The van der Waals surface area contributed by atoms with Crippen LogP contribution in [-0.2, 0) is 23.1 Å². The average molecular weight is 362 g/mol. The maximum Gasteiger partial charge on any atom is 0.341 e. The molecule has 134 valence electrons. The van der Waals surface area contributed by atoms with Crippen molar-refractivity contribution in [3.63, 3.8) is 0 Å². The second kappa shape index (κ2) is 9.52. The Labute approximate surface area is 148 Å². The summed E-state index contributed by atoms with van der Waals surface area (Å²) >= 11 is 0. The van der Waals surface area contributed by atoms with E-state index in [9.17, 15) is 9.36 Å². The van der Waals surface area contributed by atoms with Crippen molar-refractivity contribution in [2.45, 2.75) is 20.0 Å². The summed E-state index contributed by atoms with van der Waals surface area (Å²) in [7, 11) is -3.49. The molecular weight excluding hydrogens is 339 g/mol. The fourth-order valence-corrected chi connectivity index (χ4v) is 3.87. The maximum atomic E-state index is 12.5. The zero-order valence-corrected chi connectivity index (χ0v) is 15.4. The van der Waals surface area contributed by atoms with Gasteiger partial charge in [-0.1, -0.05) is 60.7 Å². The quantitative estimate of drug-likeness (QED) is 0.482. The van der Waals surface area contributed by atoms with E-state index in [4.69, 9.17) is 13.8 Å². The van der Waals surface area contributed by atoms with Gasteiger partial charge in [-0.2, -0.15) is 0 Å². The molecule has 0 amide bonds. The van der Waals surface area contributed by atoms with Gasteiger partial charge in [0.05, 0.1) is 13.2 Å². The molecule has 6 heteroatoms.